The van der Waals surface area contributed by atoms with Crippen molar-refractivity contribution in [3.8, 4) is 5.88 Å². The molecular formula is C17H26N6O2. The Morgan fingerprint density at radius 2 is 2.12 bits per heavy atom. The molecule has 8 heteroatoms. The molecule has 0 unspecified atom stereocenters. The summed E-state index contributed by atoms with van der Waals surface area (Å²) in [7, 11) is 7.70. The second kappa shape index (κ2) is 7.79. The van der Waals surface area contributed by atoms with Crippen molar-refractivity contribution in [1.82, 2.24) is 24.6 Å². The van der Waals surface area contributed by atoms with Gasteiger partial charge in [-0.3, -0.25) is 4.68 Å². The van der Waals surface area contributed by atoms with Crippen LogP contribution in [0.2, 0.25) is 0 Å². The summed E-state index contributed by atoms with van der Waals surface area (Å²) in [6.07, 6.45) is 2.47. The SMILES string of the molecule is COc1cc(N2CCc3c(COCCN(C)C)nn(C)c3C2)ncn1. The summed E-state index contributed by atoms with van der Waals surface area (Å²) in [4.78, 5) is 12.8. The highest BCUT2D eigenvalue weighted by Crippen LogP contribution is 2.26. The molecule has 0 saturated heterocycles. The van der Waals surface area contributed by atoms with Crippen LogP contribution >= 0.6 is 0 Å². The molecule has 0 fully saturated rings. The zero-order chi connectivity index (χ0) is 17.8. The second-order valence-electron chi connectivity index (χ2n) is 6.44. The van der Waals surface area contributed by atoms with Gasteiger partial charge in [0, 0.05) is 31.8 Å². The van der Waals surface area contributed by atoms with Gasteiger partial charge in [-0.1, -0.05) is 0 Å². The van der Waals surface area contributed by atoms with E-state index < -0.39 is 0 Å². The maximum absolute atomic E-state index is 5.78. The molecular weight excluding hydrogens is 320 g/mol. The Labute approximate surface area is 148 Å². The molecule has 2 aromatic heterocycles. The van der Waals surface area contributed by atoms with E-state index in [1.807, 2.05) is 31.9 Å². The molecule has 0 radical (unpaired) electrons. The van der Waals surface area contributed by atoms with Crippen LogP contribution in [-0.4, -0.2) is 65.5 Å². The van der Waals surface area contributed by atoms with E-state index in [1.54, 1.807) is 7.11 Å². The highest BCUT2D eigenvalue weighted by Gasteiger charge is 2.24. The summed E-state index contributed by atoms with van der Waals surface area (Å²) in [5, 5.41) is 4.66. The second-order valence-corrected chi connectivity index (χ2v) is 6.44. The standard InChI is InChI=1S/C17H26N6O2/c1-21(2)7-8-25-11-14-13-5-6-23(10-15(13)22(3)20-14)16-9-17(24-4)19-12-18-16/h9,12H,5-8,10-11H2,1-4H3. The van der Waals surface area contributed by atoms with E-state index in [0.29, 0.717) is 19.1 Å². The lowest BCUT2D eigenvalue weighted by Gasteiger charge is -2.28. The number of nitrogens with zero attached hydrogens (tertiary/aromatic N) is 6. The minimum atomic E-state index is 0.568. The lowest BCUT2D eigenvalue weighted by Crippen LogP contribution is -2.32. The number of aromatic nitrogens is 4. The molecule has 0 aliphatic carbocycles. The number of aryl methyl sites for hydroxylation is 1. The van der Waals surface area contributed by atoms with E-state index in [2.05, 4.69) is 24.9 Å². The van der Waals surface area contributed by atoms with Gasteiger partial charge >= 0.3 is 0 Å². The maximum Gasteiger partial charge on any atom is 0.218 e. The van der Waals surface area contributed by atoms with Crippen LogP contribution in [0.15, 0.2) is 12.4 Å². The van der Waals surface area contributed by atoms with Gasteiger partial charge in [-0.05, 0) is 20.5 Å². The average Bonchev–Trinajstić information content (AvgIpc) is 2.94. The molecule has 3 rings (SSSR count). The van der Waals surface area contributed by atoms with Crippen molar-refractivity contribution in [1.29, 1.82) is 0 Å². The summed E-state index contributed by atoms with van der Waals surface area (Å²) in [6.45, 7) is 3.86. The van der Waals surface area contributed by atoms with Crippen LogP contribution in [0.5, 0.6) is 5.88 Å². The number of anilines is 1. The van der Waals surface area contributed by atoms with E-state index in [-0.39, 0.29) is 0 Å². The molecule has 0 spiro atoms. The van der Waals surface area contributed by atoms with Gasteiger partial charge in [0.1, 0.15) is 12.1 Å². The Kier molecular flexibility index (Phi) is 5.50. The quantitative estimate of drug-likeness (QED) is 0.689. The minimum absolute atomic E-state index is 0.568. The predicted octanol–water partition coefficient (Wildman–Crippen LogP) is 0.860. The van der Waals surface area contributed by atoms with Crippen LogP contribution in [0.25, 0.3) is 0 Å². The van der Waals surface area contributed by atoms with E-state index in [9.17, 15) is 0 Å². The third kappa shape index (κ3) is 4.08. The first-order valence-corrected chi connectivity index (χ1v) is 8.45. The molecule has 0 aromatic carbocycles. The zero-order valence-corrected chi connectivity index (χ0v) is 15.4. The Balaban J connectivity index is 1.69. The van der Waals surface area contributed by atoms with Crippen molar-refractivity contribution in [2.24, 2.45) is 7.05 Å². The average molecular weight is 346 g/mol. The molecule has 0 atom stereocenters. The van der Waals surface area contributed by atoms with Gasteiger partial charge in [-0.2, -0.15) is 5.10 Å². The fraction of sp³-hybridized carbons (Fsp3) is 0.588. The molecule has 1 aliphatic rings. The maximum atomic E-state index is 5.78. The Morgan fingerprint density at radius 1 is 1.28 bits per heavy atom. The lowest BCUT2D eigenvalue weighted by molar-refractivity contribution is 0.102. The van der Waals surface area contributed by atoms with Crippen LogP contribution in [0.3, 0.4) is 0 Å². The number of rotatable bonds is 7. The minimum Gasteiger partial charge on any atom is -0.481 e. The Morgan fingerprint density at radius 3 is 2.88 bits per heavy atom. The van der Waals surface area contributed by atoms with Crippen LogP contribution < -0.4 is 9.64 Å². The third-order valence-corrected chi connectivity index (χ3v) is 4.41. The first-order chi connectivity index (χ1) is 12.1. The highest BCUT2D eigenvalue weighted by molar-refractivity contribution is 5.45. The number of likely N-dealkylation sites (N-methyl/N-ethyl adjacent to an activating group) is 1. The van der Waals surface area contributed by atoms with Crippen molar-refractivity contribution >= 4 is 5.82 Å². The zero-order valence-electron chi connectivity index (χ0n) is 15.4. The molecule has 0 amide bonds. The fourth-order valence-electron chi connectivity index (χ4n) is 3.00. The monoisotopic (exact) mass is 346 g/mol. The van der Waals surface area contributed by atoms with Crippen LogP contribution in [0.4, 0.5) is 5.82 Å². The predicted molar refractivity (Wildman–Crippen MR) is 94.8 cm³/mol. The molecule has 0 N–H and O–H groups in total. The summed E-state index contributed by atoms with van der Waals surface area (Å²) in [6, 6.07) is 1.87. The van der Waals surface area contributed by atoms with Gasteiger partial charge in [-0.25, -0.2) is 9.97 Å². The first kappa shape index (κ1) is 17.6. The number of hydrogen-bond donors (Lipinski definition) is 0. The fourth-order valence-corrected chi connectivity index (χ4v) is 3.00. The molecule has 136 valence electrons. The topological polar surface area (TPSA) is 68.5 Å². The third-order valence-electron chi connectivity index (χ3n) is 4.41. The molecule has 3 heterocycles. The summed E-state index contributed by atoms with van der Waals surface area (Å²) in [5.74, 6) is 1.46. The molecule has 25 heavy (non-hydrogen) atoms. The van der Waals surface area contributed by atoms with Crippen LogP contribution in [-0.2, 0) is 31.4 Å². The van der Waals surface area contributed by atoms with Gasteiger partial charge in [0.2, 0.25) is 5.88 Å². The van der Waals surface area contributed by atoms with E-state index in [0.717, 1.165) is 37.6 Å². The van der Waals surface area contributed by atoms with Crippen molar-refractivity contribution in [2.45, 2.75) is 19.6 Å². The van der Waals surface area contributed by atoms with E-state index in [1.165, 1.54) is 17.6 Å². The van der Waals surface area contributed by atoms with Gasteiger partial charge in [0.15, 0.2) is 0 Å². The highest BCUT2D eigenvalue weighted by atomic mass is 16.5. The van der Waals surface area contributed by atoms with Crippen molar-refractivity contribution in [3.05, 3.63) is 29.3 Å². The number of ether oxygens (including phenoxy) is 2. The molecule has 2 aromatic rings. The van der Waals surface area contributed by atoms with Gasteiger partial charge < -0.3 is 19.3 Å². The van der Waals surface area contributed by atoms with Crippen LogP contribution in [0, 0.1) is 0 Å². The van der Waals surface area contributed by atoms with Crippen LogP contribution in [0.1, 0.15) is 17.0 Å². The van der Waals surface area contributed by atoms with Crippen molar-refractivity contribution in [2.75, 3.05) is 45.8 Å². The molecule has 1 aliphatic heterocycles. The summed E-state index contributed by atoms with van der Waals surface area (Å²) >= 11 is 0. The van der Waals surface area contributed by atoms with Gasteiger partial charge in [-0.15, -0.1) is 0 Å². The number of fused-ring (bicyclic) bond motifs is 1. The summed E-state index contributed by atoms with van der Waals surface area (Å²) < 4.78 is 12.9. The molecule has 0 saturated carbocycles. The number of methoxy groups -OCH3 is 1. The van der Waals surface area contributed by atoms with E-state index in [4.69, 9.17) is 9.47 Å². The normalized spacial score (nSPS) is 14.0. The molecule has 8 nitrogen and oxygen atoms in total. The first-order valence-electron chi connectivity index (χ1n) is 8.45. The smallest absolute Gasteiger partial charge is 0.218 e. The van der Waals surface area contributed by atoms with Gasteiger partial charge in [0.25, 0.3) is 0 Å². The van der Waals surface area contributed by atoms with Gasteiger partial charge in [0.05, 0.1) is 38.3 Å². The molecule has 0 bridgehead atoms. The van der Waals surface area contributed by atoms with Crippen molar-refractivity contribution in [3.63, 3.8) is 0 Å². The Bertz CT molecular complexity index is 715. The number of hydrogen-bond acceptors (Lipinski definition) is 7. The largest absolute Gasteiger partial charge is 0.481 e. The Hall–Kier alpha value is -2.19. The van der Waals surface area contributed by atoms with E-state index >= 15 is 0 Å². The summed E-state index contributed by atoms with van der Waals surface area (Å²) in [5.41, 5.74) is 3.58. The lowest BCUT2D eigenvalue weighted by atomic mass is 10.0. The van der Waals surface area contributed by atoms with Crippen molar-refractivity contribution < 1.29 is 9.47 Å².